The fourth-order valence-electron chi connectivity index (χ4n) is 3.70. The van der Waals surface area contributed by atoms with E-state index in [-0.39, 0.29) is 5.41 Å². The van der Waals surface area contributed by atoms with Gasteiger partial charge in [0.15, 0.2) is 5.82 Å². The molecule has 1 aromatic carbocycles. The third-order valence-electron chi connectivity index (χ3n) is 4.98. The first kappa shape index (κ1) is 13.2. The summed E-state index contributed by atoms with van der Waals surface area (Å²) in [6.07, 6.45) is 6.24. The Balaban J connectivity index is 2.18. The zero-order valence-corrected chi connectivity index (χ0v) is 12.4. The van der Waals surface area contributed by atoms with Crippen LogP contribution in [0.1, 0.15) is 50.3 Å². The molecule has 106 valence electrons. The molecule has 0 saturated heterocycles. The second kappa shape index (κ2) is 4.97. The highest BCUT2D eigenvalue weighted by Crippen LogP contribution is 2.47. The molecule has 1 heterocycles. The van der Waals surface area contributed by atoms with Gasteiger partial charge in [0.25, 0.3) is 0 Å². The van der Waals surface area contributed by atoms with Gasteiger partial charge in [0.05, 0.1) is 5.69 Å². The molecule has 3 heteroatoms. The molecule has 0 atom stereocenters. The van der Waals surface area contributed by atoms with Crippen LogP contribution in [0.25, 0.3) is 11.1 Å². The van der Waals surface area contributed by atoms with Crippen LogP contribution in [-0.4, -0.2) is 10.2 Å². The molecule has 1 saturated carbocycles. The van der Waals surface area contributed by atoms with E-state index in [4.69, 9.17) is 5.73 Å². The highest BCUT2D eigenvalue weighted by molar-refractivity contribution is 5.79. The van der Waals surface area contributed by atoms with Gasteiger partial charge < -0.3 is 5.73 Å². The van der Waals surface area contributed by atoms with Crippen molar-refractivity contribution in [3.8, 4) is 11.1 Å². The second-order valence-electron chi connectivity index (χ2n) is 6.01. The van der Waals surface area contributed by atoms with Crippen molar-refractivity contribution in [3.63, 3.8) is 0 Å². The Hall–Kier alpha value is -1.77. The molecule has 20 heavy (non-hydrogen) atoms. The molecular formula is C17H23N3. The van der Waals surface area contributed by atoms with Crippen LogP contribution in [0.4, 0.5) is 5.82 Å². The first-order chi connectivity index (χ1) is 9.68. The SMILES string of the molecule is CCC1(c2[nH]nc(N)c2-c2ccccc2C)CCCC1. The predicted molar refractivity (Wildman–Crippen MR) is 83.6 cm³/mol. The summed E-state index contributed by atoms with van der Waals surface area (Å²) in [6.45, 7) is 4.42. The van der Waals surface area contributed by atoms with E-state index < -0.39 is 0 Å². The number of anilines is 1. The van der Waals surface area contributed by atoms with Gasteiger partial charge in [0, 0.05) is 11.0 Å². The summed E-state index contributed by atoms with van der Waals surface area (Å²) in [5.41, 5.74) is 11.3. The molecular weight excluding hydrogens is 246 g/mol. The van der Waals surface area contributed by atoms with Crippen molar-refractivity contribution in [2.24, 2.45) is 0 Å². The maximum Gasteiger partial charge on any atom is 0.153 e. The Kier molecular flexibility index (Phi) is 3.28. The van der Waals surface area contributed by atoms with Crippen LogP contribution in [0.3, 0.4) is 0 Å². The van der Waals surface area contributed by atoms with E-state index >= 15 is 0 Å². The fraction of sp³-hybridized carbons (Fsp3) is 0.471. The number of hydrogen-bond donors (Lipinski definition) is 2. The molecule has 1 aliphatic rings. The van der Waals surface area contributed by atoms with Crippen LogP contribution in [0, 0.1) is 6.92 Å². The number of H-pyrrole nitrogens is 1. The molecule has 0 radical (unpaired) electrons. The number of nitrogens with one attached hydrogen (secondary N) is 1. The Morgan fingerprint density at radius 1 is 1.25 bits per heavy atom. The Labute approximate surface area is 120 Å². The van der Waals surface area contributed by atoms with E-state index in [2.05, 4.69) is 48.3 Å². The molecule has 0 amide bonds. The summed E-state index contributed by atoms with van der Waals surface area (Å²) in [4.78, 5) is 0. The van der Waals surface area contributed by atoms with Gasteiger partial charge in [-0.15, -0.1) is 0 Å². The van der Waals surface area contributed by atoms with E-state index in [0.717, 1.165) is 12.0 Å². The van der Waals surface area contributed by atoms with Gasteiger partial charge >= 0.3 is 0 Å². The quantitative estimate of drug-likeness (QED) is 0.877. The summed E-state index contributed by atoms with van der Waals surface area (Å²) < 4.78 is 0. The van der Waals surface area contributed by atoms with Crippen LogP contribution in [0.2, 0.25) is 0 Å². The average molecular weight is 269 g/mol. The van der Waals surface area contributed by atoms with Crippen molar-refractivity contribution in [1.82, 2.24) is 10.2 Å². The number of hydrogen-bond acceptors (Lipinski definition) is 2. The van der Waals surface area contributed by atoms with Crippen molar-refractivity contribution >= 4 is 5.82 Å². The van der Waals surface area contributed by atoms with Crippen molar-refractivity contribution in [2.45, 2.75) is 51.4 Å². The standard InChI is InChI=1S/C17H23N3/c1-3-17(10-6-7-11-17)15-14(16(18)20-19-15)13-9-5-4-8-12(13)2/h4-5,8-9H,3,6-7,10-11H2,1-2H3,(H3,18,19,20). The van der Waals surface area contributed by atoms with Crippen molar-refractivity contribution in [2.75, 3.05) is 5.73 Å². The third-order valence-corrected chi connectivity index (χ3v) is 4.98. The molecule has 1 fully saturated rings. The average Bonchev–Trinajstić information content (AvgIpc) is 3.07. The molecule has 0 unspecified atom stereocenters. The van der Waals surface area contributed by atoms with Crippen LogP contribution >= 0.6 is 0 Å². The van der Waals surface area contributed by atoms with E-state index in [0.29, 0.717) is 5.82 Å². The molecule has 3 N–H and O–H groups in total. The Morgan fingerprint density at radius 3 is 2.60 bits per heavy atom. The van der Waals surface area contributed by atoms with Crippen molar-refractivity contribution < 1.29 is 0 Å². The summed E-state index contributed by atoms with van der Waals surface area (Å²) in [6, 6.07) is 8.43. The number of aryl methyl sites for hydroxylation is 1. The number of aromatic amines is 1. The zero-order valence-electron chi connectivity index (χ0n) is 12.4. The number of nitrogen functional groups attached to an aromatic ring is 1. The monoisotopic (exact) mass is 269 g/mol. The van der Waals surface area contributed by atoms with E-state index in [1.165, 1.54) is 42.5 Å². The number of nitrogens with zero attached hydrogens (tertiary/aromatic N) is 1. The first-order valence-corrected chi connectivity index (χ1v) is 7.58. The van der Waals surface area contributed by atoms with Gasteiger partial charge in [0.2, 0.25) is 0 Å². The topological polar surface area (TPSA) is 54.7 Å². The summed E-state index contributed by atoms with van der Waals surface area (Å²) in [7, 11) is 0. The summed E-state index contributed by atoms with van der Waals surface area (Å²) in [5.74, 6) is 0.633. The minimum absolute atomic E-state index is 0.238. The lowest BCUT2D eigenvalue weighted by Gasteiger charge is -2.27. The minimum atomic E-state index is 0.238. The smallest absolute Gasteiger partial charge is 0.153 e. The molecule has 1 aliphatic carbocycles. The lowest BCUT2D eigenvalue weighted by Crippen LogP contribution is -2.22. The second-order valence-corrected chi connectivity index (χ2v) is 6.01. The highest BCUT2D eigenvalue weighted by Gasteiger charge is 2.38. The molecule has 2 aromatic rings. The van der Waals surface area contributed by atoms with Gasteiger partial charge in [-0.2, -0.15) is 5.10 Å². The molecule has 3 rings (SSSR count). The molecule has 0 spiro atoms. The minimum Gasteiger partial charge on any atom is -0.382 e. The third kappa shape index (κ3) is 1.92. The van der Waals surface area contributed by atoms with E-state index in [1.807, 2.05) is 0 Å². The van der Waals surface area contributed by atoms with Crippen LogP contribution in [0.15, 0.2) is 24.3 Å². The van der Waals surface area contributed by atoms with Gasteiger partial charge in [-0.3, -0.25) is 5.10 Å². The summed E-state index contributed by atoms with van der Waals surface area (Å²) >= 11 is 0. The van der Waals surface area contributed by atoms with Crippen LogP contribution in [0.5, 0.6) is 0 Å². The van der Waals surface area contributed by atoms with Crippen LogP contribution < -0.4 is 5.73 Å². The van der Waals surface area contributed by atoms with Gasteiger partial charge in [-0.05, 0) is 37.3 Å². The summed E-state index contributed by atoms with van der Waals surface area (Å²) in [5, 5.41) is 7.58. The van der Waals surface area contributed by atoms with Crippen LogP contribution in [-0.2, 0) is 5.41 Å². The van der Waals surface area contributed by atoms with E-state index in [1.54, 1.807) is 0 Å². The Morgan fingerprint density at radius 2 is 1.95 bits per heavy atom. The predicted octanol–water partition coefficient (Wildman–Crippen LogP) is 4.19. The van der Waals surface area contributed by atoms with Crippen molar-refractivity contribution in [3.05, 3.63) is 35.5 Å². The lowest BCUT2D eigenvalue weighted by molar-refractivity contribution is 0.413. The molecule has 3 nitrogen and oxygen atoms in total. The molecule has 0 bridgehead atoms. The fourth-order valence-corrected chi connectivity index (χ4v) is 3.70. The molecule has 0 aliphatic heterocycles. The lowest BCUT2D eigenvalue weighted by atomic mass is 9.77. The maximum absolute atomic E-state index is 6.18. The first-order valence-electron chi connectivity index (χ1n) is 7.58. The zero-order chi connectivity index (χ0) is 14.2. The maximum atomic E-state index is 6.18. The number of aromatic nitrogens is 2. The normalized spacial score (nSPS) is 17.5. The number of rotatable bonds is 3. The van der Waals surface area contributed by atoms with Gasteiger partial charge in [-0.1, -0.05) is 44.0 Å². The van der Waals surface area contributed by atoms with Crippen molar-refractivity contribution in [1.29, 1.82) is 0 Å². The largest absolute Gasteiger partial charge is 0.382 e. The molecule has 1 aromatic heterocycles. The number of nitrogens with two attached hydrogens (primary N) is 1. The van der Waals surface area contributed by atoms with Gasteiger partial charge in [0.1, 0.15) is 0 Å². The van der Waals surface area contributed by atoms with E-state index in [9.17, 15) is 0 Å². The van der Waals surface area contributed by atoms with Gasteiger partial charge in [-0.25, -0.2) is 0 Å². The number of benzene rings is 1. The highest BCUT2D eigenvalue weighted by atomic mass is 15.2. The Bertz CT molecular complexity index is 606.